The van der Waals surface area contributed by atoms with E-state index in [0.29, 0.717) is 25.6 Å². The summed E-state index contributed by atoms with van der Waals surface area (Å²) in [5.74, 6) is -2.58. The van der Waals surface area contributed by atoms with Crippen molar-refractivity contribution in [2.75, 3.05) is 18.4 Å². The molecule has 0 heterocycles. The van der Waals surface area contributed by atoms with Gasteiger partial charge in [0.25, 0.3) is 5.69 Å². The molecule has 4 N–H and O–H groups in total. The number of hydrogen-bond acceptors (Lipinski definition) is 5. The normalized spacial score (nSPS) is 10.1. The molecule has 0 radical (unpaired) electrons. The van der Waals surface area contributed by atoms with Gasteiger partial charge in [-0.2, -0.15) is 0 Å². The molecule has 0 fully saturated rings. The van der Waals surface area contributed by atoms with Gasteiger partial charge in [0.1, 0.15) is 17.1 Å². The molecule has 0 amide bonds. The van der Waals surface area contributed by atoms with E-state index >= 15 is 0 Å². The zero-order valence-electron chi connectivity index (χ0n) is 9.35. The Hall–Kier alpha value is -2.22. The highest BCUT2D eigenvalue weighted by Crippen LogP contribution is 2.27. The number of anilines is 1. The Morgan fingerprint density at radius 1 is 1.56 bits per heavy atom. The highest BCUT2D eigenvalue weighted by atomic mass is 19.1. The molecular weight excluding hydrogens is 245 g/mol. The number of carbonyl (C=O) groups is 1. The summed E-state index contributed by atoms with van der Waals surface area (Å²) in [4.78, 5) is 20.7. The smallest absolute Gasteiger partial charge is 0.338 e. The molecule has 0 aliphatic heterocycles. The Morgan fingerprint density at radius 2 is 2.22 bits per heavy atom. The average Bonchev–Trinajstić information content (AvgIpc) is 2.28. The van der Waals surface area contributed by atoms with Gasteiger partial charge in [0.2, 0.25) is 0 Å². The number of nitrogens with two attached hydrogens (primary N) is 1. The third kappa shape index (κ3) is 3.14. The first-order chi connectivity index (χ1) is 8.47. The summed E-state index contributed by atoms with van der Waals surface area (Å²) in [5.41, 5.74) is 3.99. The van der Waals surface area contributed by atoms with E-state index in [1.807, 2.05) is 0 Å². The van der Waals surface area contributed by atoms with Crippen LogP contribution in [0.1, 0.15) is 16.8 Å². The second-order valence-corrected chi connectivity index (χ2v) is 3.48. The minimum Gasteiger partial charge on any atom is -0.478 e. The summed E-state index contributed by atoms with van der Waals surface area (Å²) in [6, 6.07) is 1.50. The molecule has 0 spiro atoms. The topological polar surface area (TPSA) is 118 Å². The van der Waals surface area contributed by atoms with Gasteiger partial charge in [-0.3, -0.25) is 10.1 Å². The molecule has 0 atom stereocenters. The van der Waals surface area contributed by atoms with Crippen LogP contribution in [0.15, 0.2) is 12.1 Å². The third-order valence-electron chi connectivity index (χ3n) is 2.21. The molecule has 7 nitrogen and oxygen atoms in total. The number of carboxylic acids is 1. The molecule has 1 aromatic rings. The van der Waals surface area contributed by atoms with Crippen LogP contribution in [0.5, 0.6) is 0 Å². The molecule has 0 bridgehead atoms. The Kier molecular flexibility index (Phi) is 4.55. The van der Waals surface area contributed by atoms with Crippen LogP contribution < -0.4 is 11.1 Å². The lowest BCUT2D eigenvalue weighted by molar-refractivity contribution is -0.384. The molecule has 18 heavy (non-hydrogen) atoms. The summed E-state index contributed by atoms with van der Waals surface area (Å²) in [6.07, 6.45) is 0.555. The molecular formula is C10H12FN3O4. The van der Waals surface area contributed by atoms with E-state index in [1.54, 1.807) is 0 Å². The Labute approximate surface area is 102 Å². The number of nitro benzene ring substituents is 1. The molecule has 0 saturated carbocycles. The van der Waals surface area contributed by atoms with E-state index in [-0.39, 0.29) is 5.69 Å². The summed E-state index contributed by atoms with van der Waals surface area (Å²) >= 11 is 0. The Morgan fingerprint density at radius 3 is 2.72 bits per heavy atom. The van der Waals surface area contributed by atoms with Crippen molar-refractivity contribution in [3.8, 4) is 0 Å². The van der Waals surface area contributed by atoms with Crippen LogP contribution in [-0.2, 0) is 0 Å². The Balaban J connectivity index is 3.12. The number of nitrogens with zero attached hydrogens (tertiary/aromatic N) is 1. The predicted molar refractivity (Wildman–Crippen MR) is 62.2 cm³/mol. The zero-order valence-corrected chi connectivity index (χ0v) is 9.35. The summed E-state index contributed by atoms with van der Waals surface area (Å²) in [7, 11) is 0. The summed E-state index contributed by atoms with van der Waals surface area (Å²) in [6.45, 7) is 0.722. The molecule has 0 aromatic heterocycles. The van der Waals surface area contributed by atoms with Gasteiger partial charge in [-0.15, -0.1) is 0 Å². The summed E-state index contributed by atoms with van der Waals surface area (Å²) < 4.78 is 13.4. The van der Waals surface area contributed by atoms with Crippen molar-refractivity contribution in [3.63, 3.8) is 0 Å². The number of carboxylic acid groups (broad SMARTS) is 1. The third-order valence-corrected chi connectivity index (χ3v) is 2.21. The van der Waals surface area contributed by atoms with Crippen molar-refractivity contribution < 1.29 is 19.2 Å². The van der Waals surface area contributed by atoms with E-state index in [9.17, 15) is 19.3 Å². The first kappa shape index (κ1) is 13.8. The van der Waals surface area contributed by atoms with E-state index in [1.165, 1.54) is 0 Å². The van der Waals surface area contributed by atoms with Crippen LogP contribution in [-0.4, -0.2) is 29.1 Å². The molecule has 0 saturated heterocycles. The van der Waals surface area contributed by atoms with Crippen molar-refractivity contribution in [2.45, 2.75) is 6.42 Å². The fourth-order valence-electron chi connectivity index (χ4n) is 1.34. The molecule has 0 unspecified atom stereocenters. The van der Waals surface area contributed by atoms with Gasteiger partial charge >= 0.3 is 5.97 Å². The van der Waals surface area contributed by atoms with Crippen molar-refractivity contribution in [2.24, 2.45) is 5.73 Å². The number of aromatic carboxylic acids is 1. The van der Waals surface area contributed by atoms with Gasteiger partial charge < -0.3 is 16.2 Å². The van der Waals surface area contributed by atoms with Crippen LogP contribution in [0, 0.1) is 15.9 Å². The van der Waals surface area contributed by atoms with Crippen molar-refractivity contribution in [3.05, 3.63) is 33.6 Å². The standard InChI is InChI=1S/C10H12FN3O4/c11-7-5-8(13-3-1-2-12)9(14(17)18)4-6(7)10(15)16/h4-5,13H,1-3,12H2,(H,15,16). The van der Waals surface area contributed by atoms with E-state index in [2.05, 4.69) is 5.32 Å². The van der Waals surface area contributed by atoms with Gasteiger partial charge in [0.05, 0.1) is 4.92 Å². The maximum atomic E-state index is 13.4. The lowest BCUT2D eigenvalue weighted by atomic mass is 10.1. The van der Waals surface area contributed by atoms with Gasteiger partial charge in [-0.25, -0.2) is 9.18 Å². The number of rotatable bonds is 6. The van der Waals surface area contributed by atoms with Crippen LogP contribution in [0.2, 0.25) is 0 Å². The minimum absolute atomic E-state index is 0.0593. The lowest BCUT2D eigenvalue weighted by Crippen LogP contribution is -2.11. The van der Waals surface area contributed by atoms with Gasteiger partial charge in [0.15, 0.2) is 0 Å². The lowest BCUT2D eigenvalue weighted by Gasteiger charge is -2.07. The summed E-state index contributed by atoms with van der Waals surface area (Å²) in [5, 5.41) is 22.1. The van der Waals surface area contributed by atoms with Crippen LogP contribution >= 0.6 is 0 Å². The van der Waals surface area contributed by atoms with E-state index < -0.39 is 28.0 Å². The first-order valence-electron chi connectivity index (χ1n) is 5.12. The van der Waals surface area contributed by atoms with E-state index in [4.69, 9.17) is 10.8 Å². The van der Waals surface area contributed by atoms with Crippen molar-refractivity contribution in [1.82, 2.24) is 0 Å². The maximum absolute atomic E-state index is 13.4. The number of benzene rings is 1. The zero-order chi connectivity index (χ0) is 13.7. The monoisotopic (exact) mass is 257 g/mol. The molecule has 0 aliphatic carbocycles. The second-order valence-electron chi connectivity index (χ2n) is 3.48. The minimum atomic E-state index is -1.55. The molecule has 1 aromatic carbocycles. The Bertz CT molecular complexity index is 478. The largest absolute Gasteiger partial charge is 0.478 e. The number of hydrogen-bond donors (Lipinski definition) is 3. The van der Waals surface area contributed by atoms with Gasteiger partial charge in [-0.05, 0) is 13.0 Å². The van der Waals surface area contributed by atoms with Crippen LogP contribution in [0.3, 0.4) is 0 Å². The fourth-order valence-corrected chi connectivity index (χ4v) is 1.34. The van der Waals surface area contributed by atoms with Crippen molar-refractivity contribution in [1.29, 1.82) is 0 Å². The van der Waals surface area contributed by atoms with Crippen LogP contribution in [0.25, 0.3) is 0 Å². The second kappa shape index (κ2) is 5.92. The predicted octanol–water partition coefficient (Wildman–Crippen LogP) is 1.19. The molecule has 1 rings (SSSR count). The van der Waals surface area contributed by atoms with E-state index in [0.717, 1.165) is 6.07 Å². The average molecular weight is 257 g/mol. The highest BCUT2D eigenvalue weighted by Gasteiger charge is 2.21. The van der Waals surface area contributed by atoms with Crippen molar-refractivity contribution >= 4 is 17.3 Å². The van der Waals surface area contributed by atoms with Gasteiger partial charge in [-0.1, -0.05) is 0 Å². The molecule has 0 aliphatic rings. The molecule has 8 heteroatoms. The van der Waals surface area contributed by atoms with Crippen LogP contribution in [0.4, 0.5) is 15.8 Å². The fraction of sp³-hybridized carbons (Fsp3) is 0.300. The highest BCUT2D eigenvalue weighted by molar-refractivity contribution is 5.90. The number of nitrogens with one attached hydrogen (secondary N) is 1. The number of halogens is 1. The maximum Gasteiger partial charge on any atom is 0.338 e. The quantitative estimate of drug-likeness (QED) is 0.400. The number of nitro groups is 1. The first-order valence-corrected chi connectivity index (χ1v) is 5.12. The molecule has 98 valence electrons. The SMILES string of the molecule is NCCCNc1cc(F)c(C(=O)O)cc1[N+](=O)[O-]. The van der Waals surface area contributed by atoms with Gasteiger partial charge in [0, 0.05) is 18.7 Å².